The number of carbonyl (C=O) groups is 3. The zero-order chi connectivity index (χ0) is 26.9. The summed E-state index contributed by atoms with van der Waals surface area (Å²) in [5.41, 5.74) is 0.284. The molecule has 2 unspecified atom stereocenters. The number of aryl methyl sites for hydroxylation is 1. The highest BCUT2D eigenvalue weighted by atomic mass is 32.2. The lowest BCUT2D eigenvalue weighted by atomic mass is 10.0. The van der Waals surface area contributed by atoms with Crippen LogP contribution < -0.4 is 10.0 Å². The number of aliphatic hydroxyl groups is 1. The fraction of sp³-hybridized carbons (Fsp3) is 0.500. The van der Waals surface area contributed by atoms with E-state index in [1.165, 1.54) is 33.6 Å². The summed E-state index contributed by atoms with van der Waals surface area (Å²) in [5.74, 6) is -2.35. The van der Waals surface area contributed by atoms with E-state index in [0.717, 1.165) is 16.2 Å². The second kappa shape index (κ2) is 10.9. The number of carboxylic acid groups (broad SMARTS) is 1. The van der Waals surface area contributed by atoms with E-state index in [-0.39, 0.29) is 28.0 Å². The van der Waals surface area contributed by atoms with Gasteiger partial charge in [-0.1, -0.05) is 18.7 Å². The van der Waals surface area contributed by atoms with Crippen molar-refractivity contribution in [3.8, 4) is 0 Å². The second-order valence-corrected chi connectivity index (χ2v) is 12.7. The lowest BCUT2D eigenvalue weighted by Gasteiger charge is -2.49. The topological polar surface area (TPSA) is 210 Å². The minimum atomic E-state index is -3.59. The predicted octanol–water partition coefficient (Wildman–Crippen LogP) is -0.617. The predicted molar refractivity (Wildman–Crippen MR) is 134 cm³/mol. The van der Waals surface area contributed by atoms with Crippen LogP contribution in [0.4, 0.5) is 5.13 Å². The molecule has 4 N–H and O–H groups in total. The monoisotopic (exact) mass is 590 g/mol. The molecule has 0 aliphatic carbocycles. The van der Waals surface area contributed by atoms with Crippen molar-refractivity contribution in [2.75, 3.05) is 22.0 Å². The smallest absolute Gasteiger partial charge is 0.352 e. The van der Waals surface area contributed by atoms with Crippen LogP contribution in [0.1, 0.15) is 25.1 Å². The van der Waals surface area contributed by atoms with Crippen molar-refractivity contribution in [2.24, 2.45) is 7.05 Å². The van der Waals surface area contributed by atoms with Gasteiger partial charge in [0.2, 0.25) is 15.2 Å². The van der Waals surface area contributed by atoms with Gasteiger partial charge in [0.05, 0.1) is 11.4 Å². The van der Waals surface area contributed by atoms with Crippen LogP contribution in [0.15, 0.2) is 21.8 Å². The molecule has 4 heterocycles. The Labute approximate surface area is 223 Å². The number of thioether (sulfide) groups is 2. The van der Waals surface area contributed by atoms with E-state index >= 15 is 0 Å². The van der Waals surface area contributed by atoms with Crippen LogP contribution in [0.5, 0.6) is 0 Å². The number of rotatable bonds is 11. The van der Waals surface area contributed by atoms with E-state index in [0.29, 0.717) is 22.9 Å². The molecule has 15 nitrogen and oxygen atoms in total. The number of hydrogen-bond acceptors (Lipinski definition) is 13. The second-order valence-electron chi connectivity index (χ2n) is 7.93. The molecule has 1 saturated heterocycles. The van der Waals surface area contributed by atoms with Crippen molar-refractivity contribution in [1.82, 2.24) is 35.4 Å². The zero-order valence-corrected chi connectivity index (χ0v) is 22.7. The van der Waals surface area contributed by atoms with Gasteiger partial charge in [0.15, 0.2) is 11.2 Å². The Morgan fingerprint density at radius 3 is 2.78 bits per heavy atom. The van der Waals surface area contributed by atoms with E-state index in [1.807, 2.05) is 0 Å². The fourth-order valence-electron chi connectivity index (χ4n) is 3.57. The number of β-lactam (4-membered cyclic amide) rings is 1. The Kier molecular flexibility index (Phi) is 8.07. The number of thiazole rings is 1. The number of sulfonamides is 1. The molecule has 2 aromatic heterocycles. The number of nitrogens with one attached hydrogen (secondary N) is 2. The third kappa shape index (κ3) is 5.74. The van der Waals surface area contributed by atoms with Crippen LogP contribution in [0.25, 0.3) is 0 Å². The highest BCUT2D eigenvalue weighted by molar-refractivity contribution is 8.01. The Balaban J connectivity index is 1.41. The number of hydrogen-bond donors (Lipinski definition) is 4. The average Bonchev–Trinajstić information content (AvgIpc) is 3.47. The van der Waals surface area contributed by atoms with Crippen molar-refractivity contribution >= 4 is 67.8 Å². The zero-order valence-electron chi connectivity index (χ0n) is 19.4. The number of aliphatic hydroxyl groups excluding tert-OH is 1. The number of aromatic nitrogens is 5. The van der Waals surface area contributed by atoms with Crippen molar-refractivity contribution < 1.29 is 33.0 Å². The lowest BCUT2D eigenvalue weighted by molar-refractivity contribution is -0.151. The summed E-state index contributed by atoms with van der Waals surface area (Å²) in [5, 5.41) is 34.9. The van der Waals surface area contributed by atoms with E-state index in [1.54, 1.807) is 14.0 Å². The molecule has 37 heavy (non-hydrogen) atoms. The quantitative estimate of drug-likeness (QED) is 0.190. The summed E-state index contributed by atoms with van der Waals surface area (Å²) >= 11 is 3.42. The molecule has 1 fully saturated rings. The Morgan fingerprint density at radius 1 is 1.38 bits per heavy atom. The Morgan fingerprint density at radius 2 is 2.14 bits per heavy atom. The standard InChI is InChI=1S/C18H22N8O7S4/c1-3-4-37(32,33)22-17-19-9(7-35-17)12(27)13(28)20-10-14(29)26-11(16(30)31)8(5-34-15(10)26)6-36-18-21-23-24-25(18)2/h7,10,12,15,27H,3-6H2,1-2H3,(H,19,22)(H,20,28)(H,30,31)/t10?,12?,15-/m1/s1. The van der Waals surface area contributed by atoms with Gasteiger partial charge in [0, 0.05) is 23.9 Å². The Hall–Kier alpha value is -2.74. The largest absolute Gasteiger partial charge is 0.477 e. The van der Waals surface area contributed by atoms with Gasteiger partial charge in [0.25, 0.3) is 11.8 Å². The molecular formula is C18H22N8O7S4. The first-order valence-corrected chi connectivity index (χ1v) is 15.3. The molecule has 0 aromatic carbocycles. The fourth-order valence-corrected chi connectivity index (χ4v) is 8.00. The molecule has 2 amide bonds. The summed E-state index contributed by atoms with van der Waals surface area (Å²) in [6.07, 6.45) is -1.35. The van der Waals surface area contributed by atoms with Crippen molar-refractivity contribution in [2.45, 2.75) is 36.0 Å². The van der Waals surface area contributed by atoms with Crippen LogP contribution >= 0.6 is 34.9 Å². The van der Waals surface area contributed by atoms with Gasteiger partial charge in [-0.3, -0.25) is 19.2 Å². The molecule has 0 saturated carbocycles. The van der Waals surface area contributed by atoms with Crippen LogP contribution in [0.2, 0.25) is 0 Å². The summed E-state index contributed by atoms with van der Waals surface area (Å²) in [7, 11) is -1.94. The van der Waals surface area contributed by atoms with Crippen LogP contribution in [-0.4, -0.2) is 95.2 Å². The molecular weight excluding hydrogens is 569 g/mol. The molecule has 4 rings (SSSR count). The van der Waals surface area contributed by atoms with Crippen molar-refractivity contribution in [3.63, 3.8) is 0 Å². The number of nitrogens with zero attached hydrogens (tertiary/aromatic N) is 6. The molecule has 2 aliphatic heterocycles. The van der Waals surface area contributed by atoms with Crippen LogP contribution in [0.3, 0.4) is 0 Å². The van der Waals surface area contributed by atoms with Crippen LogP contribution in [-0.2, 0) is 31.5 Å². The van der Waals surface area contributed by atoms with Gasteiger partial charge >= 0.3 is 5.97 Å². The highest BCUT2D eigenvalue weighted by Gasteiger charge is 2.54. The normalized spacial score (nSPS) is 20.3. The van der Waals surface area contributed by atoms with E-state index in [9.17, 15) is 33.0 Å². The number of anilines is 1. The maximum Gasteiger partial charge on any atom is 0.352 e. The van der Waals surface area contributed by atoms with E-state index in [4.69, 9.17) is 0 Å². The molecule has 2 aliphatic rings. The van der Waals surface area contributed by atoms with Crippen molar-refractivity contribution in [3.05, 3.63) is 22.3 Å². The van der Waals surface area contributed by atoms with E-state index in [2.05, 4.69) is 30.5 Å². The molecule has 0 spiro atoms. The first-order chi connectivity index (χ1) is 17.5. The summed E-state index contributed by atoms with van der Waals surface area (Å²) in [6, 6.07) is -1.04. The summed E-state index contributed by atoms with van der Waals surface area (Å²) in [4.78, 5) is 42.6. The Bertz CT molecular complexity index is 1360. The minimum absolute atomic E-state index is 0.00257. The van der Waals surface area contributed by atoms with Gasteiger partial charge in [0.1, 0.15) is 17.1 Å². The van der Waals surface area contributed by atoms with Gasteiger partial charge in [-0.15, -0.1) is 28.2 Å². The SMILES string of the molecule is CCCS(=O)(=O)Nc1nc(C(O)C(=O)NC2C(=O)N3C(C(=O)O)=C(CSc4nnnn4C)CS[C@H]23)cs1. The van der Waals surface area contributed by atoms with Gasteiger partial charge in [-0.2, -0.15) is 0 Å². The van der Waals surface area contributed by atoms with Gasteiger partial charge in [-0.05, 0) is 22.4 Å². The van der Waals surface area contributed by atoms with E-state index < -0.39 is 45.3 Å². The molecule has 19 heteroatoms. The van der Waals surface area contributed by atoms with Crippen LogP contribution in [0, 0.1) is 0 Å². The number of carboxylic acids is 1. The highest BCUT2D eigenvalue weighted by Crippen LogP contribution is 2.41. The van der Waals surface area contributed by atoms with Gasteiger partial charge < -0.3 is 15.5 Å². The summed E-state index contributed by atoms with van der Waals surface area (Å²) in [6.45, 7) is 1.71. The molecule has 3 atom stereocenters. The number of fused-ring (bicyclic) bond motifs is 1. The molecule has 0 radical (unpaired) electrons. The third-order valence-corrected chi connectivity index (χ3v) is 10.1. The minimum Gasteiger partial charge on any atom is -0.477 e. The number of tetrazole rings is 1. The third-order valence-electron chi connectivity index (χ3n) is 5.27. The lowest BCUT2D eigenvalue weighted by Crippen LogP contribution is -2.70. The van der Waals surface area contributed by atoms with Crippen molar-refractivity contribution in [1.29, 1.82) is 0 Å². The number of aliphatic carboxylic acids is 1. The molecule has 2 aromatic rings. The first-order valence-electron chi connectivity index (χ1n) is 10.7. The average molecular weight is 591 g/mol. The summed E-state index contributed by atoms with van der Waals surface area (Å²) < 4.78 is 27.5. The maximum atomic E-state index is 12.8. The molecule has 200 valence electrons. The number of amides is 2. The molecule has 0 bridgehead atoms. The van der Waals surface area contributed by atoms with Gasteiger partial charge in [-0.25, -0.2) is 22.9 Å². The first kappa shape index (κ1) is 27.3. The maximum absolute atomic E-state index is 12.8. The number of carbonyl (C=O) groups excluding carboxylic acids is 2.